The topological polar surface area (TPSA) is 38.9 Å². The standard InChI is InChI=1S/C10H18N2S/c1-5-7-9(10(2,3)4)12-8(6-11)13-7/h5-6,11H2,1-4H3. The number of hydrogen-bond acceptors (Lipinski definition) is 3. The highest BCUT2D eigenvalue weighted by Gasteiger charge is 2.21. The van der Waals surface area contributed by atoms with Crippen molar-refractivity contribution in [2.24, 2.45) is 5.73 Å². The fraction of sp³-hybridized carbons (Fsp3) is 0.700. The van der Waals surface area contributed by atoms with Crippen molar-refractivity contribution < 1.29 is 0 Å². The first-order chi connectivity index (χ1) is 5.99. The lowest BCUT2D eigenvalue weighted by molar-refractivity contribution is 0.565. The average molecular weight is 198 g/mol. The maximum absolute atomic E-state index is 5.58. The third-order valence-electron chi connectivity index (χ3n) is 1.95. The Bertz CT molecular complexity index is 284. The molecular weight excluding hydrogens is 180 g/mol. The zero-order valence-corrected chi connectivity index (χ0v) is 9.66. The molecule has 0 amide bonds. The van der Waals surface area contributed by atoms with Crippen LogP contribution in [0.1, 0.15) is 43.3 Å². The summed E-state index contributed by atoms with van der Waals surface area (Å²) < 4.78 is 0. The molecule has 0 aliphatic carbocycles. The van der Waals surface area contributed by atoms with Gasteiger partial charge in [0.1, 0.15) is 5.01 Å². The maximum Gasteiger partial charge on any atom is 0.107 e. The van der Waals surface area contributed by atoms with Gasteiger partial charge in [-0.25, -0.2) is 4.98 Å². The minimum absolute atomic E-state index is 0.148. The second kappa shape index (κ2) is 3.76. The van der Waals surface area contributed by atoms with Crippen LogP contribution in [-0.2, 0) is 18.4 Å². The fourth-order valence-electron chi connectivity index (χ4n) is 1.31. The Morgan fingerprint density at radius 1 is 1.38 bits per heavy atom. The number of nitrogens with two attached hydrogens (primary N) is 1. The molecule has 0 aromatic carbocycles. The molecule has 3 heteroatoms. The van der Waals surface area contributed by atoms with Crippen molar-refractivity contribution in [1.29, 1.82) is 0 Å². The SMILES string of the molecule is CCc1sc(CN)nc1C(C)(C)C. The van der Waals surface area contributed by atoms with E-state index in [0.29, 0.717) is 6.54 Å². The molecule has 0 aliphatic rings. The normalized spacial score (nSPS) is 12.1. The van der Waals surface area contributed by atoms with Crippen molar-refractivity contribution in [3.63, 3.8) is 0 Å². The molecule has 0 radical (unpaired) electrons. The number of nitrogens with zero attached hydrogens (tertiary/aromatic N) is 1. The Balaban J connectivity index is 3.11. The van der Waals surface area contributed by atoms with Gasteiger partial charge in [-0.3, -0.25) is 0 Å². The first-order valence-electron chi connectivity index (χ1n) is 4.68. The van der Waals surface area contributed by atoms with Crippen LogP contribution in [0.2, 0.25) is 0 Å². The Labute approximate surface area is 84.2 Å². The molecule has 2 N–H and O–H groups in total. The molecule has 13 heavy (non-hydrogen) atoms. The van der Waals surface area contributed by atoms with Crippen LogP contribution in [0.25, 0.3) is 0 Å². The number of rotatable bonds is 2. The summed E-state index contributed by atoms with van der Waals surface area (Å²) in [6.45, 7) is 9.32. The van der Waals surface area contributed by atoms with Crippen LogP contribution < -0.4 is 5.73 Å². The van der Waals surface area contributed by atoms with Crippen molar-refractivity contribution in [2.75, 3.05) is 0 Å². The first kappa shape index (κ1) is 10.7. The van der Waals surface area contributed by atoms with E-state index in [1.165, 1.54) is 10.6 Å². The van der Waals surface area contributed by atoms with Crippen molar-refractivity contribution >= 4 is 11.3 Å². The van der Waals surface area contributed by atoms with E-state index in [-0.39, 0.29) is 5.41 Å². The van der Waals surface area contributed by atoms with Crippen molar-refractivity contribution in [2.45, 2.75) is 46.1 Å². The van der Waals surface area contributed by atoms with Crippen molar-refractivity contribution in [3.8, 4) is 0 Å². The van der Waals surface area contributed by atoms with E-state index in [4.69, 9.17) is 5.73 Å². The van der Waals surface area contributed by atoms with E-state index in [1.807, 2.05) is 0 Å². The summed E-state index contributed by atoms with van der Waals surface area (Å²) in [6, 6.07) is 0. The molecule has 0 fully saturated rings. The molecule has 1 heterocycles. The Kier molecular flexibility index (Phi) is 3.09. The highest BCUT2D eigenvalue weighted by molar-refractivity contribution is 7.11. The smallest absolute Gasteiger partial charge is 0.107 e. The molecule has 0 aliphatic heterocycles. The monoisotopic (exact) mass is 198 g/mol. The van der Waals surface area contributed by atoms with E-state index in [9.17, 15) is 0 Å². The molecular formula is C10H18N2S. The van der Waals surface area contributed by atoms with Gasteiger partial charge >= 0.3 is 0 Å². The molecule has 2 nitrogen and oxygen atoms in total. The summed E-state index contributed by atoms with van der Waals surface area (Å²) in [5.41, 5.74) is 6.95. The maximum atomic E-state index is 5.58. The zero-order valence-electron chi connectivity index (χ0n) is 8.85. The molecule has 0 spiro atoms. The van der Waals surface area contributed by atoms with Gasteiger partial charge in [0, 0.05) is 16.8 Å². The molecule has 0 atom stereocenters. The molecule has 0 bridgehead atoms. The summed E-state index contributed by atoms with van der Waals surface area (Å²) in [4.78, 5) is 5.95. The van der Waals surface area contributed by atoms with Crippen LogP contribution in [0.15, 0.2) is 0 Å². The van der Waals surface area contributed by atoms with Crippen molar-refractivity contribution in [1.82, 2.24) is 4.98 Å². The van der Waals surface area contributed by atoms with Gasteiger partial charge in [0.2, 0.25) is 0 Å². The largest absolute Gasteiger partial charge is 0.325 e. The number of thiazole rings is 1. The van der Waals surface area contributed by atoms with E-state index in [0.717, 1.165) is 11.4 Å². The van der Waals surface area contributed by atoms with Gasteiger partial charge < -0.3 is 5.73 Å². The number of aryl methyl sites for hydroxylation is 1. The lowest BCUT2D eigenvalue weighted by Crippen LogP contribution is -2.14. The van der Waals surface area contributed by atoms with Crippen LogP contribution in [0.4, 0.5) is 0 Å². The predicted octanol–water partition coefficient (Wildman–Crippen LogP) is 2.46. The molecule has 0 unspecified atom stereocenters. The quantitative estimate of drug-likeness (QED) is 0.793. The Morgan fingerprint density at radius 3 is 2.31 bits per heavy atom. The van der Waals surface area contributed by atoms with E-state index < -0.39 is 0 Å². The summed E-state index contributed by atoms with van der Waals surface area (Å²) in [5.74, 6) is 0. The van der Waals surface area contributed by atoms with E-state index >= 15 is 0 Å². The van der Waals surface area contributed by atoms with Gasteiger partial charge in [-0.1, -0.05) is 27.7 Å². The van der Waals surface area contributed by atoms with Crippen molar-refractivity contribution in [3.05, 3.63) is 15.6 Å². The Morgan fingerprint density at radius 2 is 2.00 bits per heavy atom. The van der Waals surface area contributed by atoms with Gasteiger partial charge in [-0.15, -0.1) is 11.3 Å². The van der Waals surface area contributed by atoms with E-state index in [2.05, 4.69) is 32.7 Å². The summed E-state index contributed by atoms with van der Waals surface area (Å²) >= 11 is 1.75. The van der Waals surface area contributed by atoms with Crippen LogP contribution >= 0.6 is 11.3 Å². The molecule has 74 valence electrons. The molecule has 1 rings (SSSR count). The van der Waals surface area contributed by atoms with E-state index in [1.54, 1.807) is 11.3 Å². The van der Waals surface area contributed by atoms with Gasteiger partial charge in [-0.2, -0.15) is 0 Å². The van der Waals surface area contributed by atoms with Gasteiger partial charge in [0.15, 0.2) is 0 Å². The van der Waals surface area contributed by atoms with Gasteiger partial charge in [-0.05, 0) is 6.42 Å². The minimum atomic E-state index is 0.148. The lowest BCUT2D eigenvalue weighted by Gasteiger charge is -2.16. The minimum Gasteiger partial charge on any atom is -0.325 e. The second-order valence-electron chi connectivity index (χ2n) is 4.19. The highest BCUT2D eigenvalue weighted by atomic mass is 32.1. The second-order valence-corrected chi connectivity index (χ2v) is 5.36. The van der Waals surface area contributed by atoms with Crippen LogP contribution in [0.5, 0.6) is 0 Å². The highest BCUT2D eigenvalue weighted by Crippen LogP contribution is 2.29. The summed E-state index contributed by atoms with van der Waals surface area (Å²) in [5, 5.41) is 1.06. The molecule has 1 aromatic heterocycles. The third-order valence-corrected chi connectivity index (χ3v) is 3.17. The van der Waals surface area contributed by atoms with Crippen LogP contribution in [0, 0.1) is 0 Å². The summed E-state index contributed by atoms with van der Waals surface area (Å²) in [6.07, 6.45) is 1.06. The number of hydrogen-bond donors (Lipinski definition) is 1. The molecule has 1 aromatic rings. The number of aromatic nitrogens is 1. The first-order valence-corrected chi connectivity index (χ1v) is 5.49. The molecule has 0 saturated heterocycles. The lowest BCUT2D eigenvalue weighted by atomic mass is 9.91. The van der Waals surface area contributed by atoms with Gasteiger partial charge in [0.05, 0.1) is 5.69 Å². The van der Waals surface area contributed by atoms with Crippen LogP contribution in [-0.4, -0.2) is 4.98 Å². The van der Waals surface area contributed by atoms with Gasteiger partial charge in [0.25, 0.3) is 0 Å². The summed E-state index contributed by atoms with van der Waals surface area (Å²) in [7, 11) is 0. The fourth-order valence-corrected chi connectivity index (χ4v) is 2.41. The average Bonchev–Trinajstić information content (AvgIpc) is 2.46. The third kappa shape index (κ3) is 2.29. The molecule has 0 saturated carbocycles. The van der Waals surface area contributed by atoms with Crippen LogP contribution in [0.3, 0.4) is 0 Å². The zero-order chi connectivity index (χ0) is 10.1. The predicted molar refractivity (Wildman–Crippen MR) is 58.1 cm³/mol. The Hall–Kier alpha value is -0.410.